The molecule has 3 rings (SSSR count). The monoisotopic (exact) mass is 305 g/mol. The third-order valence-corrected chi connectivity index (χ3v) is 3.69. The Kier molecular flexibility index (Phi) is 2.78. The number of thiophene rings is 1. The van der Waals surface area contributed by atoms with Crippen molar-refractivity contribution in [1.82, 2.24) is 9.97 Å². The van der Waals surface area contributed by atoms with Gasteiger partial charge in [0.05, 0.1) is 0 Å². The number of anilines is 2. The van der Waals surface area contributed by atoms with Crippen LogP contribution in [0.4, 0.5) is 11.5 Å². The number of halogens is 1. The molecular weight excluding hydrogens is 298 g/mol. The second-order valence-corrected chi connectivity index (χ2v) is 5.28. The molecule has 0 radical (unpaired) electrons. The van der Waals surface area contributed by atoms with E-state index in [9.17, 15) is 0 Å². The normalized spacial score (nSPS) is 10.6. The number of hydrogen-bond acceptors (Lipinski definition) is 4. The largest absolute Gasteiger partial charge is 0.340 e. The highest BCUT2D eigenvalue weighted by Gasteiger charge is 2.00. The van der Waals surface area contributed by atoms with Crippen LogP contribution in [0.2, 0.25) is 0 Å². The summed E-state index contributed by atoms with van der Waals surface area (Å²) in [6.45, 7) is 0. The lowest BCUT2D eigenvalue weighted by atomic mass is 10.2. The van der Waals surface area contributed by atoms with Crippen LogP contribution >= 0.6 is 27.3 Å². The van der Waals surface area contributed by atoms with E-state index in [1.165, 1.54) is 16.4 Å². The third kappa shape index (κ3) is 2.30. The molecule has 3 aromatic rings. The number of hydrogen-bond donors (Lipinski definition) is 1. The van der Waals surface area contributed by atoms with E-state index in [0.717, 1.165) is 16.1 Å². The maximum absolute atomic E-state index is 4.15. The van der Waals surface area contributed by atoms with Gasteiger partial charge in [-0.05, 0) is 51.0 Å². The van der Waals surface area contributed by atoms with Crippen molar-refractivity contribution in [3.63, 3.8) is 0 Å². The molecular formula is C12H8BrN3S. The summed E-state index contributed by atoms with van der Waals surface area (Å²) >= 11 is 5.06. The van der Waals surface area contributed by atoms with Crippen LogP contribution in [0.15, 0.2) is 46.6 Å². The average molecular weight is 306 g/mol. The minimum Gasteiger partial charge on any atom is -0.340 e. The SMILES string of the molecule is Brc1cc(Nc2ccc3sccc3c2)ncn1. The topological polar surface area (TPSA) is 37.8 Å². The van der Waals surface area contributed by atoms with Crippen molar-refractivity contribution in [1.29, 1.82) is 0 Å². The highest BCUT2D eigenvalue weighted by Crippen LogP contribution is 2.25. The van der Waals surface area contributed by atoms with Gasteiger partial charge in [-0.1, -0.05) is 0 Å². The number of nitrogens with one attached hydrogen (secondary N) is 1. The molecule has 0 unspecified atom stereocenters. The van der Waals surface area contributed by atoms with Gasteiger partial charge in [-0.2, -0.15) is 0 Å². The molecule has 0 fully saturated rings. The van der Waals surface area contributed by atoms with Gasteiger partial charge in [-0.15, -0.1) is 11.3 Å². The van der Waals surface area contributed by atoms with E-state index in [1.807, 2.05) is 6.07 Å². The van der Waals surface area contributed by atoms with Gasteiger partial charge >= 0.3 is 0 Å². The molecule has 84 valence electrons. The zero-order valence-electron chi connectivity index (χ0n) is 8.72. The Hall–Kier alpha value is -1.46. The van der Waals surface area contributed by atoms with Crippen molar-refractivity contribution in [2.24, 2.45) is 0 Å². The first kappa shape index (κ1) is 10.7. The molecule has 0 amide bonds. The summed E-state index contributed by atoms with van der Waals surface area (Å²) < 4.78 is 2.06. The second-order valence-electron chi connectivity index (χ2n) is 3.52. The van der Waals surface area contributed by atoms with E-state index in [-0.39, 0.29) is 0 Å². The lowest BCUT2D eigenvalue weighted by Gasteiger charge is -2.05. The number of aromatic nitrogens is 2. The predicted molar refractivity (Wildman–Crippen MR) is 74.8 cm³/mol. The van der Waals surface area contributed by atoms with Crippen molar-refractivity contribution < 1.29 is 0 Å². The van der Waals surface area contributed by atoms with E-state index >= 15 is 0 Å². The molecule has 0 atom stereocenters. The molecule has 0 aliphatic rings. The molecule has 2 aromatic heterocycles. The minimum absolute atomic E-state index is 0.770. The lowest BCUT2D eigenvalue weighted by molar-refractivity contribution is 1.14. The quantitative estimate of drug-likeness (QED) is 0.721. The molecule has 5 heteroatoms. The van der Waals surface area contributed by atoms with Crippen molar-refractivity contribution in [3.05, 3.63) is 46.6 Å². The van der Waals surface area contributed by atoms with Gasteiger partial charge in [-0.25, -0.2) is 9.97 Å². The van der Waals surface area contributed by atoms with E-state index in [1.54, 1.807) is 11.3 Å². The van der Waals surface area contributed by atoms with Crippen LogP contribution in [-0.4, -0.2) is 9.97 Å². The summed E-state index contributed by atoms with van der Waals surface area (Å²) in [6, 6.07) is 10.2. The van der Waals surface area contributed by atoms with Gasteiger partial charge in [0.2, 0.25) is 0 Å². The van der Waals surface area contributed by atoms with Crippen molar-refractivity contribution >= 4 is 48.9 Å². The molecule has 0 aliphatic heterocycles. The number of benzene rings is 1. The van der Waals surface area contributed by atoms with E-state index in [4.69, 9.17) is 0 Å². The number of nitrogens with zero attached hydrogens (tertiary/aromatic N) is 2. The van der Waals surface area contributed by atoms with Crippen molar-refractivity contribution in [2.45, 2.75) is 0 Å². The van der Waals surface area contributed by atoms with Crippen LogP contribution < -0.4 is 5.32 Å². The molecule has 17 heavy (non-hydrogen) atoms. The van der Waals surface area contributed by atoms with E-state index in [2.05, 4.69) is 60.9 Å². The Balaban J connectivity index is 1.94. The van der Waals surface area contributed by atoms with Crippen LogP contribution in [0.5, 0.6) is 0 Å². The first-order chi connectivity index (χ1) is 8.31. The third-order valence-electron chi connectivity index (χ3n) is 2.36. The number of rotatable bonds is 2. The molecule has 2 heterocycles. The van der Waals surface area contributed by atoms with Gasteiger partial charge in [0.15, 0.2) is 0 Å². The van der Waals surface area contributed by atoms with Gasteiger partial charge in [0.1, 0.15) is 16.7 Å². The summed E-state index contributed by atoms with van der Waals surface area (Å²) in [7, 11) is 0. The minimum atomic E-state index is 0.770. The summed E-state index contributed by atoms with van der Waals surface area (Å²) in [5, 5.41) is 6.59. The predicted octanol–water partition coefficient (Wildman–Crippen LogP) is 4.20. The Labute approximate surface area is 111 Å². The number of fused-ring (bicyclic) bond motifs is 1. The molecule has 0 spiro atoms. The first-order valence-corrected chi connectivity index (χ1v) is 6.70. The highest BCUT2D eigenvalue weighted by atomic mass is 79.9. The summed E-state index contributed by atoms with van der Waals surface area (Å²) in [4.78, 5) is 8.14. The maximum Gasteiger partial charge on any atom is 0.134 e. The Morgan fingerprint density at radius 1 is 1.12 bits per heavy atom. The summed E-state index contributed by atoms with van der Waals surface area (Å²) in [5.74, 6) is 0.779. The molecule has 0 saturated carbocycles. The Bertz CT molecular complexity index is 665. The molecule has 1 aromatic carbocycles. The average Bonchev–Trinajstić information content (AvgIpc) is 2.76. The van der Waals surface area contributed by atoms with Crippen LogP contribution in [0.25, 0.3) is 10.1 Å². The van der Waals surface area contributed by atoms with Gasteiger partial charge in [0, 0.05) is 16.5 Å². The van der Waals surface area contributed by atoms with Gasteiger partial charge < -0.3 is 5.32 Å². The fraction of sp³-hybridized carbons (Fsp3) is 0. The maximum atomic E-state index is 4.15. The molecule has 0 aliphatic carbocycles. The van der Waals surface area contributed by atoms with E-state index in [0.29, 0.717) is 0 Å². The van der Waals surface area contributed by atoms with Crippen molar-refractivity contribution in [2.75, 3.05) is 5.32 Å². The Morgan fingerprint density at radius 2 is 2.06 bits per heavy atom. The zero-order chi connectivity index (χ0) is 11.7. The summed E-state index contributed by atoms with van der Waals surface area (Å²) in [6.07, 6.45) is 1.52. The fourth-order valence-electron chi connectivity index (χ4n) is 1.59. The van der Waals surface area contributed by atoms with Gasteiger partial charge in [0.25, 0.3) is 0 Å². The lowest BCUT2D eigenvalue weighted by Crippen LogP contribution is -1.93. The van der Waals surface area contributed by atoms with E-state index < -0.39 is 0 Å². The Morgan fingerprint density at radius 3 is 2.94 bits per heavy atom. The smallest absolute Gasteiger partial charge is 0.134 e. The molecule has 0 saturated heterocycles. The standard InChI is InChI=1S/C12H8BrN3S/c13-11-6-12(15-7-14-11)16-9-1-2-10-8(5-9)3-4-17-10/h1-7H,(H,14,15,16). The van der Waals surface area contributed by atoms with Crippen LogP contribution in [0.3, 0.4) is 0 Å². The van der Waals surface area contributed by atoms with Gasteiger partial charge in [-0.3, -0.25) is 0 Å². The first-order valence-electron chi connectivity index (χ1n) is 5.03. The van der Waals surface area contributed by atoms with Crippen LogP contribution in [-0.2, 0) is 0 Å². The van der Waals surface area contributed by atoms with Crippen LogP contribution in [0, 0.1) is 0 Å². The molecule has 3 nitrogen and oxygen atoms in total. The van der Waals surface area contributed by atoms with Crippen LogP contribution in [0.1, 0.15) is 0 Å². The fourth-order valence-corrected chi connectivity index (χ4v) is 2.67. The second kappa shape index (κ2) is 4.43. The summed E-state index contributed by atoms with van der Waals surface area (Å²) in [5.41, 5.74) is 1.03. The molecule has 1 N–H and O–H groups in total. The molecule has 0 bridgehead atoms. The zero-order valence-corrected chi connectivity index (χ0v) is 11.1. The van der Waals surface area contributed by atoms with Crippen molar-refractivity contribution in [3.8, 4) is 0 Å². The highest BCUT2D eigenvalue weighted by molar-refractivity contribution is 9.10.